The van der Waals surface area contributed by atoms with Gasteiger partial charge in [-0.2, -0.15) is 0 Å². The predicted molar refractivity (Wildman–Crippen MR) is 84.9 cm³/mol. The van der Waals surface area contributed by atoms with Gasteiger partial charge in [-0.3, -0.25) is 9.59 Å². The highest BCUT2D eigenvalue weighted by molar-refractivity contribution is 5.93. The summed E-state index contributed by atoms with van der Waals surface area (Å²) in [6.45, 7) is 3.66. The van der Waals surface area contributed by atoms with Crippen LogP contribution in [-0.2, 0) is 4.79 Å². The fraction of sp³-hybridized carbons (Fsp3) is 0.176. The molecule has 5 nitrogen and oxygen atoms in total. The van der Waals surface area contributed by atoms with E-state index in [0.29, 0.717) is 22.7 Å². The van der Waals surface area contributed by atoms with Crippen LogP contribution in [0.15, 0.2) is 48.5 Å². The first-order valence-corrected chi connectivity index (χ1v) is 6.94. The van der Waals surface area contributed by atoms with Crippen molar-refractivity contribution in [3.63, 3.8) is 0 Å². The van der Waals surface area contributed by atoms with Gasteiger partial charge in [0.25, 0.3) is 0 Å². The molecule has 0 fully saturated rings. The first-order valence-electron chi connectivity index (χ1n) is 6.94. The number of hydrogen-bond donors (Lipinski definition) is 2. The molecule has 2 aromatic rings. The van der Waals surface area contributed by atoms with E-state index in [9.17, 15) is 9.59 Å². The van der Waals surface area contributed by atoms with E-state index >= 15 is 0 Å². The standard InChI is InChI=1S/C17H18N2O3/c1-11(2)17(21)19-13-6-8-14(9-7-13)22-15-5-3-4-12(10-15)16(18)20/h3-11H,1-2H3,(H2,18,20)(H,19,21). The zero-order chi connectivity index (χ0) is 16.1. The van der Waals surface area contributed by atoms with Crippen LogP contribution in [0.1, 0.15) is 24.2 Å². The smallest absolute Gasteiger partial charge is 0.248 e. The number of nitrogens with one attached hydrogen (secondary N) is 1. The number of rotatable bonds is 5. The third-order valence-corrected chi connectivity index (χ3v) is 3.00. The molecule has 22 heavy (non-hydrogen) atoms. The fourth-order valence-electron chi connectivity index (χ4n) is 1.74. The largest absolute Gasteiger partial charge is 0.457 e. The average molecular weight is 298 g/mol. The number of benzene rings is 2. The minimum atomic E-state index is -0.503. The van der Waals surface area contributed by atoms with E-state index in [1.54, 1.807) is 48.5 Å². The molecule has 0 aliphatic rings. The Morgan fingerprint density at radius 2 is 1.73 bits per heavy atom. The van der Waals surface area contributed by atoms with Crippen molar-refractivity contribution in [3.8, 4) is 11.5 Å². The first-order chi connectivity index (χ1) is 10.5. The first kappa shape index (κ1) is 15.6. The Bertz CT molecular complexity index is 679. The zero-order valence-corrected chi connectivity index (χ0v) is 12.5. The van der Waals surface area contributed by atoms with Gasteiger partial charge in [-0.25, -0.2) is 0 Å². The maximum absolute atomic E-state index is 11.6. The lowest BCUT2D eigenvalue weighted by Gasteiger charge is -2.10. The molecule has 0 heterocycles. The molecular formula is C17H18N2O3. The number of amides is 2. The number of carbonyl (C=O) groups excluding carboxylic acids is 2. The predicted octanol–water partition coefficient (Wildman–Crippen LogP) is 3.17. The number of ether oxygens (including phenoxy) is 1. The lowest BCUT2D eigenvalue weighted by atomic mass is 10.2. The molecule has 114 valence electrons. The van der Waals surface area contributed by atoms with E-state index in [4.69, 9.17) is 10.5 Å². The Morgan fingerprint density at radius 1 is 1.05 bits per heavy atom. The fourth-order valence-corrected chi connectivity index (χ4v) is 1.74. The van der Waals surface area contributed by atoms with Gasteiger partial charge in [0.05, 0.1) is 0 Å². The summed E-state index contributed by atoms with van der Waals surface area (Å²) in [5.74, 6) is 0.506. The number of nitrogens with two attached hydrogens (primary N) is 1. The van der Waals surface area contributed by atoms with Crippen LogP contribution in [0.5, 0.6) is 11.5 Å². The van der Waals surface area contributed by atoms with Crippen molar-refractivity contribution in [1.82, 2.24) is 0 Å². The number of carbonyl (C=O) groups is 2. The Balaban J connectivity index is 2.06. The molecule has 2 amide bonds. The van der Waals surface area contributed by atoms with Crippen molar-refractivity contribution >= 4 is 17.5 Å². The van der Waals surface area contributed by atoms with Crippen molar-refractivity contribution in [2.45, 2.75) is 13.8 Å². The highest BCUT2D eigenvalue weighted by Gasteiger charge is 2.07. The van der Waals surface area contributed by atoms with Gasteiger partial charge in [-0.05, 0) is 42.5 Å². The van der Waals surface area contributed by atoms with E-state index in [2.05, 4.69) is 5.32 Å². The molecule has 2 rings (SSSR count). The highest BCUT2D eigenvalue weighted by atomic mass is 16.5. The average Bonchev–Trinajstić information content (AvgIpc) is 2.49. The number of hydrogen-bond acceptors (Lipinski definition) is 3. The van der Waals surface area contributed by atoms with Crippen molar-refractivity contribution in [2.75, 3.05) is 5.32 Å². The van der Waals surface area contributed by atoms with Crippen LogP contribution in [-0.4, -0.2) is 11.8 Å². The van der Waals surface area contributed by atoms with E-state index < -0.39 is 5.91 Å². The molecule has 0 aromatic heterocycles. The van der Waals surface area contributed by atoms with Crippen LogP contribution in [0.4, 0.5) is 5.69 Å². The molecule has 0 aliphatic heterocycles. The molecular weight excluding hydrogens is 280 g/mol. The second-order valence-electron chi connectivity index (χ2n) is 5.16. The van der Waals surface area contributed by atoms with Crippen LogP contribution in [0.2, 0.25) is 0 Å². The molecule has 0 radical (unpaired) electrons. The molecule has 0 unspecified atom stereocenters. The Morgan fingerprint density at radius 3 is 2.32 bits per heavy atom. The quantitative estimate of drug-likeness (QED) is 0.889. The maximum atomic E-state index is 11.6. The highest BCUT2D eigenvalue weighted by Crippen LogP contribution is 2.24. The third kappa shape index (κ3) is 4.09. The van der Waals surface area contributed by atoms with Gasteiger partial charge in [-0.15, -0.1) is 0 Å². The summed E-state index contributed by atoms with van der Waals surface area (Å²) >= 11 is 0. The topological polar surface area (TPSA) is 81.4 Å². The van der Waals surface area contributed by atoms with E-state index in [1.165, 1.54) is 0 Å². The van der Waals surface area contributed by atoms with Gasteiger partial charge in [0.15, 0.2) is 0 Å². The van der Waals surface area contributed by atoms with Crippen LogP contribution in [0.3, 0.4) is 0 Å². The van der Waals surface area contributed by atoms with Crippen molar-refractivity contribution in [1.29, 1.82) is 0 Å². The summed E-state index contributed by atoms with van der Waals surface area (Å²) < 4.78 is 5.66. The second-order valence-corrected chi connectivity index (χ2v) is 5.16. The van der Waals surface area contributed by atoms with E-state index in [0.717, 1.165) is 0 Å². The molecule has 0 aliphatic carbocycles. The van der Waals surface area contributed by atoms with Gasteiger partial charge < -0.3 is 15.8 Å². The van der Waals surface area contributed by atoms with Crippen molar-refractivity contribution < 1.29 is 14.3 Å². The van der Waals surface area contributed by atoms with E-state index in [-0.39, 0.29) is 11.8 Å². The minimum absolute atomic E-state index is 0.0390. The minimum Gasteiger partial charge on any atom is -0.457 e. The maximum Gasteiger partial charge on any atom is 0.248 e. The normalized spacial score (nSPS) is 10.3. The summed E-state index contributed by atoms with van der Waals surface area (Å²) in [5, 5.41) is 2.80. The van der Waals surface area contributed by atoms with Gasteiger partial charge in [0, 0.05) is 17.2 Å². The van der Waals surface area contributed by atoms with Crippen LogP contribution >= 0.6 is 0 Å². The van der Waals surface area contributed by atoms with Crippen molar-refractivity contribution in [2.24, 2.45) is 11.7 Å². The van der Waals surface area contributed by atoms with Gasteiger partial charge in [-0.1, -0.05) is 19.9 Å². The SMILES string of the molecule is CC(C)C(=O)Nc1ccc(Oc2cccc(C(N)=O)c2)cc1. The Hall–Kier alpha value is -2.82. The lowest BCUT2D eigenvalue weighted by Crippen LogP contribution is -2.17. The van der Waals surface area contributed by atoms with Crippen LogP contribution < -0.4 is 15.8 Å². The summed E-state index contributed by atoms with van der Waals surface area (Å²) in [6, 6.07) is 13.6. The van der Waals surface area contributed by atoms with Gasteiger partial charge >= 0.3 is 0 Å². The second kappa shape index (κ2) is 6.76. The Kier molecular flexibility index (Phi) is 4.78. The van der Waals surface area contributed by atoms with Crippen molar-refractivity contribution in [3.05, 3.63) is 54.1 Å². The molecule has 0 saturated heterocycles. The molecule has 3 N–H and O–H groups in total. The summed E-state index contributed by atoms with van der Waals surface area (Å²) in [5.41, 5.74) is 6.32. The van der Waals surface area contributed by atoms with Crippen LogP contribution in [0, 0.1) is 5.92 Å². The molecule has 0 atom stereocenters. The third-order valence-electron chi connectivity index (χ3n) is 3.00. The summed E-state index contributed by atoms with van der Waals surface area (Å²) in [4.78, 5) is 22.7. The monoisotopic (exact) mass is 298 g/mol. The zero-order valence-electron chi connectivity index (χ0n) is 12.5. The lowest BCUT2D eigenvalue weighted by molar-refractivity contribution is -0.118. The summed E-state index contributed by atoms with van der Waals surface area (Å²) in [7, 11) is 0. The molecule has 5 heteroatoms. The van der Waals surface area contributed by atoms with Gasteiger partial charge in [0.2, 0.25) is 11.8 Å². The number of primary amides is 1. The van der Waals surface area contributed by atoms with E-state index in [1.807, 2.05) is 13.8 Å². The molecule has 2 aromatic carbocycles. The molecule has 0 saturated carbocycles. The Labute approximate surface area is 129 Å². The number of anilines is 1. The van der Waals surface area contributed by atoms with Crippen LogP contribution in [0.25, 0.3) is 0 Å². The molecule has 0 spiro atoms. The molecule has 0 bridgehead atoms. The van der Waals surface area contributed by atoms with Gasteiger partial charge in [0.1, 0.15) is 11.5 Å². The summed E-state index contributed by atoms with van der Waals surface area (Å²) in [6.07, 6.45) is 0.